The normalized spacial score (nSPS) is 32.6. The molecule has 0 N–H and O–H groups in total. The summed E-state index contributed by atoms with van der Waals surface area (Å²) < 4.78 is 0. The first-order valence-electron chi connectivity index (χ1n) is 7.76. The van der Waals surface area contributed by atoms with E-state index in [1.807, 2.05) is 0 Å². The zero-order chi connectivity index (χ0) is 12.3. The second-order valence-corrected chi connectivity index (χ2v) is 6.33. The lowest BCUT2D eigenvalue weighted by molar-refractivity contribution is -0.134. The minimum Gasteiger partial charge on any atom is -0.299 e. The molecular formula is C16H28O. The third-order valence-corrected chi connectivity index (χ3v) is 5.56. The largest absolute Gasteiger partial charge is 0.299 e. The van der Waals surface area contributed by atoms with Crippen LogP contribution in [0, 0.1) is 17.3 Å². The molecule has 0 aromatic carbocycles. The van der Waals surface area contributed by atoms with Crippen molar-refractivity contribution >= 4 is 5.78 Å². The van der Waals surface area contributed by atoms with Gasteiger partial charge in [-0.3, -0.25) is 4.79 Å². The number of rotatable bonds is 4. The molecule has 0 amide bonds. The van der Waals surface area contributed by atoms with Crippen molar-refractivity contribution in [1.82, 2.24) is 0 Å². The molecule has 17 heavy (non-hydrogen) atoms. The van der Waals surface area contributed by atoms with E-state index in [-0.39, 0.29) is 5.41 Å². The molecule has 0 radical (unpaired) electrons. The molecule has 0 unspecified atom stereocenters. The molecule has 0 spiro atoms. The Hall–Kier alpha value is -0.330. The van der Waals surface area contributed by atoms with Gasteiger partial charge in [-0.2, -0.15) is 0 Å². The van der Waals surface area contributed by atoms with Crippen LogP contribution in [0.4, 0.5) is 0 Å². The topological polar surface area (TPSA) is 17.1 Å². The standard InChI is InChI=1S/C16H28O/c1-3-13-7-9-14(10-8-13)15(17)16(4-2)11-5-6-12-16/h13-14H,3-12H2,1-2H3. The molecule has 2 rings (SSSR count). The Kier molecular flexibility index (Phi) is 4.27. The molecule has 1 heteroatoms. The van der Waals surface area contributed by atoms with Crippen molar-refractivity contribution in [3.8, 4) is 0 Å². The van der Waals surface area contributed by atoms with Crippen LogP contribution in [0.5, 0.6) is 0 Å². The Morgan fingerprint density at radius 1 is 1.06 bits per heavy atom. The Bertz CT molecular complexity index is 255. The average molecular weight is 236 g/mol. The van der Waals surface area contributed by atoms with Crippen LogP contribution in [0.2, 0.25) is 0 Å². The highest BCUT2D eigenvalue weighted by Gasteiger charge is 2.42. The van der Waals surface area contributed by atoms with Gasteiger partial charge in [0.2, 0.25) is 0 Å². The van der Waals surface area contributed by atoms with Crippen LogP contribution in [0.15, 0.2) is 0 Å². The van der Waals surface area contributed by atoms with E-state index in [1.165, 1.54) is 57.8 Å². The van der Waals surface area contributed by atoms with Crippen molar-refractivity contribution in [2.24, 2.45) is 17.3 Å². The van der Waals surface area contributed by atoms with E-state index in [4.69, 9.17) is 0 Å². The van der Waals surface area contributed by atoms with Gasteiger partial charge >= 0.3 is 0 Å². The lowest BCUT2D eigenvalue weighted by Crippen LogP contribution is -2.35. The van der Waals surface area contributed by atoms with Crippen LogP contribution in [0.25, 0.3) is 0 Å². The molecule has 2 aliphatic rings. The Morgan fingerprint density at radius 3 is 2.12 bits per heavy atom. The van der Waals surface area contributed by atoms with Gasteiger partial charge in [0.05, 0.1) is 0 Å². The van der Waals surface area contributed by atoms with Crippen LogP contribution in [0.3, 0.4) is 0 Å². The van der Waals surface area contributed by atoms with Crippen molar-refractivity contribution in [1.29, 1.82) is 0 Å². The van der Waals surface area contributed by atoms with Gasteiger partial charge in [-0.25, -0.2) is 0 Å². The van der Waals surface area contributed by atoms with E-state index in [2.05, 4.69) is 13.8 Å². The molecule has 0 aromatic rings. The molecule has 2 aliphatic carbocycles. The van der Waals surface area contributed by atoms with E-state index < -0.39 is 0 Å². The van der Waals surface area contributed by atoms with E-state index in [0.29, 0.717) is 11.7 Å². The summed E-state index contributed by atoms with van der Waals surface area (Å²) in [6.45, 7) is 4.51. The third kappa shape index (κ3) is 2.58. The van der Waals surface area contributed by atoms with Crippen LogP contribution in [-0.4, -0.2) is 5.78 Å². The molecule has 0 saturated heterocycles. The van der Waals surface area contributed by atoms with E-state index >= 15 is 0 Å². The summed E-state index contributed by atoms with van der Waals surface area (Å²) >= 11 is 0. The van der Waals surface area contributed by atoms with Crippen LogP contribution >= 0.6 is 0 Å². The van der Waals surface area contributed by atoms with Gasteiger partial charge in [0.25, 0.3) is 0 Å². The maximum atomic E-state index is 12.7. The van der Waals surface area contributed by atoms with Crippen LogP contribution < -0.4 is 0 Å². The second kappa shape index (κ2) is 5.54. The number of carbonyl (C=O) groups excluding carboxylic acids is 1. The highest BCUT2D eigenvalue weighted by molar-refractivity contribution is 5.87. The number of hydrogen-bond acceptors (Lipinski definition) is 1. The summed E-state index contributed by atoms with van der Waals surface area (Å²) in [5, 5.41) is 0. The lowest BCUT2D eigenvalue weighted by Gasteiger charge is -2.34. The quantitative estimate of drug-likeness (QED) is 0.689. The lowest BCUT2D eigenvalue weighted by atomic mass is 9.69. The monoisotopic (exact) mass is 236 g/mol. The summed E-state index contributed by atoms with van der Waals surface area (Å²) in [6.07, 6.45) is 12.3. The van der Waals surface area contributed by atoms with Crippen molar-refractivity contribution in [2.75, 3.05) is 0 Å². The minimum absolute atomic E-state index is 0.101. The van der Waals surface area contributed by atoms with E-state index in [1.54, 1.807) is 0 Å². The highest BCUT2D eigenvalue weighted by Crippen LogP contribution is 2.46. The van der Waals surface area contributed by atoms with Crippen molar-refractivity contribution < 1.29 is 4.79 Å². The van der Waals surface area contributed by atoms with Crippen LogP contribution in [-0.2, 0) is 4.79 Å². The van der Waals surface area contributed by atoms with E-state index in [9.17, 15) is 4.79 Å². The van der Waals surface area contributed by atoms with Gasteiger partial charge < -0.3 is 0 Å². The number of Topliss-reactive ketones (excluding diaryl/α,β-unsaturated/α-hetero) is 1. The van der Waals surface area contributed by atoms with Crippen molar-refractivity contribution in [3.63, 3.8) is 0 Å². The molecule has 1 nitrogen and oxygen atoms in total. The van der Waals surface area contributed by atoms with Gasteiger partial charge in [-0.15, -0.1) is 0 Å². The molecular weight excluding hydrogens is 208 g/mol. The fraction of sp³-hybridized carbons (Fsp3) is 0.938. The maximum absolute atomic E-state index is 12.7. The SMILES string of the molecule is CCC1CCC(C(=O)C2(CC)CCCC2)CC1. The first kappa shape index (κ1) is 13.1. The third-order valence-electron chi connectivity index (χ3n) is 5.56. The summed E-state index contributed by atoms with van der Waals surface area (Å²) in [4.78, 5) is 12.7. The smallest absolute Gasteiger partial charge is 0.142 e. The second-order valence-electron chi connectivity index (χ2n) is 6.33. The molecule has 0 aromatic heterocycles. The molecule has 0 atom stereocenters. The van der Waals surface area contributed by atoms with Gasteiger partial charge in [-0.1, -0.05) is 33.1 Å². The average Bonchev–Trinajstić information content (AvgIpc) is 2.88. The first-order chi connectivity index (χ1) is 8.22. The Morgan fingerprint density at radius 2 is 1.65 bits per heavy atom. The fourth-order valence-electron chi connectivity index (χ4n) is 4.09. The summed E-state index contributed by atoms with van der Waals surface area (Å²) in [7, 11) is 0. The summed E-state index contributed by atoms with van der Waals surface area (Å²) in [5.74, 6) is 1.96. The summed E-state index contributed by atoms with van der Waals surface area (Å²) in [5.41, 5.74) is 0.101. The fourth-order valence-corrected chi connectivity index (χ4v) is 4.09. The predicted octanol–water partition coefficient (Wildman–Crippen LogP) is 4.74. The van der Waals surface area contributed by atoms with Gasteiger partial charge in [-0.05, 0) is 50.9 Å². The Balaban J connectivity index is 1.96. The zero-order valence-electron chi connectivity index (χ0n) is 11.6. The highest BCUT2D eigenvalue weighted by atomic mass is 16.1. The van der Waals surface area contributed by atoms with Gasteiger partial charge in [0.1, 0.15) is 5.78 Å². The van der Waals surface area contributed by atoms with Gasteiger partial charge in [0.15, 0.2) is 0 Å². The van der Waals surface area contributed by atoms with E-state index in [0.717, 1.165) is 12.3 Å². The molecule has 0 aliphatic heterocycles. The minimum atomic E-state index is 0.101. The molecule has 98 valence electrons. The predicted molar refractivity (Wildman–Crippen MR) is 71.9 cm³/mol. The molecule has 0 heterocycles. The number of carbonyl (C=O) groups is 1. The maximum Gasteiger partial charge on any atom is 0.142 e. The molecule has 2 fully saturated rings. The molecule has 0 bridgehead atoms. The molecule has 2 saturated carbocycles. The number of hydrogen-bond donors (Lipinski definition) is 0. The van der Waals surface area contributed by atoms with Crippen molar-refractivity contribution in [3.05, 3.63) is 0 Å². The zero-order valence-corrected chi connectivity index (χ0v) is 11.6. The first-order valence-corrected chi connectivity index (χ1v) is 7.76. The number of ketones is 1. The van der Waals surface area contributed by atoms with Gasteiger partial charge in [0, 0.05) is 11.3 Å². The summed E-state index contributed by atoms with van der Waals surface area (Å²) in [6, 6.07) is 0. The Labute approximate surface area is 106 Å². The van der Waals surface area contributed by atoms with Crippen LogP contribution in [0.1, 0.15) is 78.1 Å². The van der Waals surface area contributed by atoms with Crippen molar-refractivity contribution in [2.45, 2.75) is 78.1 Å².